The first-order valence-corrected chi connectivity index (χ1v) is 8.53. The number of anilines is 2. The van der Waals surface area contributed by atoms with Gasteiger partial charge in [0, 0.05) is 18.3 Å². The van der Waals surface area contributed by atoms with Gasteiger partial charge in [0.2, 0.25) is 11.8 Å². The van der Waals surface area contributed by atoms with Crippen LogP contribution in [0.3, 0.4) is 0 Å². The van der Waals surface area contributed by atoms with Gasteiger partial charge >= 0.3 is 0 Å². The minimum absolute atomic E-state index is 0.00927. The molecule has 2 aromatic carbocycles. The Hall–Kier alpha value is -2.62. The molecule has 0 saturated carbocycles. The average molecular weight is 338 g/mol. The van der Waals surface area contributed by atoms with E-state index in [1.54, 1.807) is 0 Å². The van der Waals surface area contributed by atoms with Crippen LogP contribution in [-0.4, -0.2) is 18.4 Å². The lowest BCUT2D eigenvalue weighted by Gasteiger charge is -2.22. The van der Waals surface area contributed by atoms with E-state index >= 15 is 0 Å². The van der Waals surface area contributed by atoms with E-state index in [9.17, 15) is 9.59 Å². The second-order valence-corrected chi connectivity index (χ2v) is 6.74. The van der Waals surface area contributed by atoms with Gasteiger partial charge in [-0.1, -0.05) is 38.1 Å². The van der Waals surface area contributed by atoms with E-state index in [0.717, 1.165) is 28.1 Å². The lowest BCUT2D eigenvalue weighted by atomic mass is 10.0. The maximum atomic E-state index is 12.5. The van der Waals surface area contributed by atoms with Crippen molar-refractivity contribution in [3.05, 3.63) is 59.2 Å². The normalized spacial score (nSPS) is 10.6. The van der Waals surface area contributed by atoms with Crippen molar-refractivity contribution in [1.29, 1.82) is 0 Å². The quantitative estimate of drug-likeness (QED) is 0.877. The van der Waals surface area contributed by atoms with Crippen LogP contribution in [0.5, 0.6) is 0 Å². The molecule has 0 fully saturated rings. The van der Waals surface area contributed by atoms with Crippen LogP contribution in [0.4, 0.5) is 11.4 Å². The summed E-state index contributed by atoms with van der Waals surface area (Å²) in [5.74, 6) is -0.0559. The zero-order valence-electron chi connectivity index (χ0n) is 15.6. The Labute approximate surface area is 149 Å². The van der Waals surface area contributed by atoms with Crippen molar-refractivity contribution >= 4 is 23.2 Å². The molecule has 2 rings (SSSR count). The molecule has 0 aromatic heterocycles. The number of aryl methyl sites for hydroxylation is 2. The highest BCUT2D eigenvalue weighted by Gasteiger charge is 2.17. The zero-order chi connectivity index (χ0) is 18.6. The van der Waals surface area contributed by atoms with Gasteiger partial charge in [-0.15, -0.1) is 0 Å². The zero-order valence-corrected chi connectivity index (χ0v) is 15.6. The first-order chi connectivity index (χ1) is 11.8. The Morgan fingerprint density at radius 1 is 1.04 bits per heavy atom. The Balaban J connectivity index is 2.20. The highest BCUT2D eigenvalue weighted by molar-refractivity contribution is 6.02. The van der Waals surface area contributed by atoms with Crippen LogP contribution in [0.2, 0.25) is 0 Å². The molecule has 0 bridgehead atoms. The van der Waals surface area contributed by atoms with Crippen molar-refractivity contribution in [2.75, 3.05) is 16.8 Å². The summed E-state index contributed by atoms with van der Waals surface area (Å²) in [4.78, 5) is 26.1. The third-order valence-corrected chi connectivity index (χ3v) is 4.06. The summed E-state index contributed by atoms with van der Waals surface area (Å²) in [5.41, 5.74) is 4.75. The molecule has 1 N–H and O–H groups in total. The number of benzene rings is 2. The van der Waals surface area contributed by atoms with Crippen molar-refractivity contribution in [3.63, 3.8) is 0 Å². The molecule has 0 spiro atoms. The van der Waals surface area contributed by atoms with Crippen molar-refractivity contribution < 1.29 is 9.59 Å². The Bertz CT molecular complexity index is 761. The van der Waals surface area contributed by atoms with E-state index < -0.39 is 0 Å². The average Bonchev–Trinajstić information content (AvgIpc) is 2.51. The Morgan fingerprint density at radius 3 is 2.20 bits per heavy atom. The molecule has 2 amide bonds. The van der Waals surface area contributed by atoms with E-state index in [-0.39, 0.29) is 18.4 Å². The van der Waals surface area contributed by atoms with Gasteiger partial charge in [0.1, 0.15) is 6.54 Å². The van der Waals surface area contributed by atoms with Gasteiger partial charge in [-0.05, 0) is 54.7 Å². The van der Waals surface area contributed by atoms with Gasteiger partial charge in [-0.3, -0.25) is 9.59 Å². The standard InChI is InChI=1S/C21H26N2O2/c1-14(2)19-8-6-7-9-20(19)22-21(25)13-23(17(5)24)18-11-15(3)10-16(4)12-18/h6-12,14H,13H2,1-5H3,(H,22,25). The van der Waals surface area contributed by atoms with Crippen LogP contribution in [0, 0.1) is 13.8 Å². The molecule has 0 aliphatic rings. The highest BCUT2D eigenvalue weighted by atomic mass is 16.2. The number of nitrogens with zero attached hydrogens (tertiary/aromatic N) is 1. The van der Waals surface area contributed by atoms with Gasteiger partial charge in [-0.25, -0.2) is 0 Å². The minimum atomic E-state index is -0.206. The lowest BCUT2D eigenvalue weighted by Crippen LogP contribution is -2.37. The first kappa shape index (κ1) is 18.7. The molecule has 0 aliphatic carbocycles. The van der Waals surface area contributed by atoms with E-state index in [2.05, 4.69) is 19.2 Å². The third-order valence-electron chi connectivity index (χ3n) is 4.06. The topological polar surface area (TPSA) is 49.4 Å². The molecule has 2 aromatic rings. The number of hydrogen-bond donors (Lipinski definition) is 1. The summed E-state index contributed by atoms with van der Waals surface area (Å²) < 4.78 is 0. The number of rotatable bonds is 5. The predicted molar refractivity (Wildman–Crippen MR) is 103 cm³/mol. The number of carbonyl (C=O) groups excluding carboxylic acids is 2. The fourth-order valence-corrected chi connectivity index (χ4v) is 2.94. The lowest BCUT2D eigenvalue weighted by molar-refractivity contribution is -0.120. The summed E-state index contributed by atoms with van der Waals surface area (Å²) >= 11 is 0. The molecule has 0 unspecified atom stereocenters. The predicted octanol–water partition coefficient (Wildman–Crippen LogP) is 4.42. The molecule has 25 heavy (non-hydrogen) atoms. The number of para-hydroxylation sites is 1. The number of amides is 2. The second-order valence-electron chi connectivity index (χ2n) is 6.74. The summed E-state index contributed by atoms with van der Waals surface area (Å²) in [5, 5.41) is 2.94. The number of nitrogens with one attached hydrogen (secondary N) is 1. The molecule has 0 saturated heterocycles. The molecular weight excluding hydrogens is 312 g/mol. The summed E-state index contributed by atoms with van der Waals surface area (Å²) in [6, 6.07) is 13.6. The fourth-order valence-electron chi connectivity index (χ4n) is 2.94. The largest absolute Gasteiger partial charge is 0.324 e. The second kappa shape index (κ2) is 7.97. The SMILES string of the molecule is CC(=O)N(CC(=O)Nc1ccccc1C(C)C)c1cc(C)cc(C)c1. The van der Waals surface area contributed by atoms with Gasteiger partial charge < -0.3 is 10.2 Å². The Kier molecular flexibility index (Phi) is 5.97. The molecule has 4 heteroatoms. The van der Waals surface area contributed by atoms with Crippen LogP contribution in [-0.2, 0) is 9.59 Å². The number of carbonyl (C=O) groups is 2. The van der Waals surface area contributed by atoms with Gasteiger partial charge in [0.25, 0.3) is 0 Å². The van der Waals surface area contributed by atoms with E-state index in [1.807, 2.05) is 56.3 Å². The fraction of sp³-hybridized carbons (Fsp3) is 0.333. The van der Waals surface area contributed by atoms with Crippen molar-refractivity contribution in [3.8, 4) is 0 Å². The first-order valence-electron chi connectivity index (χ1n) is 8.53. The van der Waals surface area contributed by atoms with Crippen molar-refractivity contribution in [1.82, 2.24) is 0 Å². The highest BCUT2D eigenvalue weighted by Crippen LogP contribution is 2.24. The molecular formula is C21H26N2O2. The maximum Gasteiger partial charge on any atom is 0.244 e. The van der Waals surface area contributed by atoms with Gasteiger partial charge in [0.05, 0.1) is 0 Å². The van der Waals surface area contributed by atoms with E-state index in [0.29, 0.717) is 5.92 Å². The van der Waals surface area contributed by atoms with Crippen LogP contribution in [0.25, 0.3) is 0 Å². The minimum Gasteiger partial charge on any atom is -0.324 e. The molecule has 0 radical (unpaired) electrons. The molecule has 132 valence electrons. The van der Waals surface area contributed by atoms with Crippen LogP contribution in [0.1, 0.15) is 43.4 Å². The summed E-state index contributed by atoms with van der Waals surface area (Å²) in [6.45, 7) is 9.60. The molecule has 0 atom stereocenters. The van der Waals surface area contributed by atoms with Crippen molar-refractivity contribution in [2.45, 2.75) is 40.5 Å². The molecule has 4 nitrogen and oxygen atoms in total. The van der Waals surface area contributed by atoms with Gasteiger partial charge in [-0.2, -0.15) is 0 Å². The molecule has 0 heterocycles. The van der Waals surface area contributed by atoms with Crippen molar-refractivity contribution in [2.24, 2.45) is 0 Å². The van der Waals surface area contributed by atoms with Crippen LogP contribution in [0.15, 0.2) is 42.5 Å². The van der Waals surface area contributed by atoms with Crippen LogP contribution >= 0.6 is 0 Å². The smallest absolute Gasteiger partial charge is 0.244 e. The van der Waals surface area contributed by atoms with Gasteiger partial charge in [0.15, 0.2) is 0 Å². The monoisotopic (exact) mass is 338 g/mol. The maximum absolute atomic E-state index is 12.5. The van der Waals surface area contributed by atoms with E-state index in [4.69, 9.17) is 0 Å². The number of hydrogen-bond acceptors (Lipinski definition) is 2. The summed E-state index contributed by atoms with van der Waals surface area (Å²) in [6.07, 6.45) is 0. The van der Waals surface area contributed by atoms with Crippen LogP contribution < -0.4 is 10.2 Å². The van der Waals surface area contributed by atoms with E-state index in [1.165, 1.54) is 11.8 Å². The Morgan fingerprint density at radius 2 is 1.64 bits per heavy atom. The molecule has 0 aliphatic heterocycles. The summed E-state index contributed by atoms with van der Waals surface area (Å²) in [7, 11) is 0. The third kappa shape index (κ3) is 4.92.